The molecule has 0 atom stereocenters. The molecule has 0 rings (SSSR count). The van der Waals surface area contributed by atoms with Gasteiger partial charge in [0.2, 0.25) is 0 Å². The van der Waals surface area contributed by atoms with Gasteiger partial charge in [-0.2, -0.15) is 0 Å². The van der Waals surface area contributed by atoms with E-state index in [-0.39, 0.29) is 0 Å². The summed E-state index contributed by atoms with van der Waals surface area (Å²) in [5.41, 5.74) is 0.926. The Hall–Kier alpha value is -0.850. The van der Waals surface area contributed by atoms with Crippen molar-refractivity contribution in [2.45, 2.75) is 20.8 Å². The lowest BCUT2D eigenvalue weighted by Crippen LogP contribution is -1.69. The van der Waals surface area contributed by atoms with E-state index in [2.05, 4.69) is 6.58 Å². The fourth-order valence-electron chi connectivity index (χ4n) is 0.234. The van der Waals surface area contributed by atoms with Gasteiger partial charge in [-0.1, -0.05) is 32.6 Å². The Kier molecular flexibility index (Phi) is 12.5. The molecule has 0 spiro atoms. The minimum Gasteiger partial charge on any atom is -0.308 e. The van der Waals surface area contributed by atoms with Crippen molar-refractivity contribution in [3.63, 3.8) is 0 Å². The van der Waals surface area contributed by atoms with Crippen LogP contribution < -0.4 is 0 Å². The average Bonchev–Trinajstić information content (AvgIpc) is 1.93. The molecule has 0 saturated carbocycles. The Morgan fingerprint density at radius 3 is 2.00 bits per heavy atom. The van der Waals surface area contributed by atoms with Crippen molar-refractivity contribution in [1.29, 1.82) is 5.41 Å². The number of allylic oxidation sites excluding steroid dienone is 3. The van der Waals surface area contributed by atoms with Crippen LogP contribution in [-0.2, 0) is 0 Å². The van der Waals surface area contributed by atoms with Crippen molar-refractivity contribution in [2.75, 3.05) is 0 Å². The molecular weight excluding hydrogens is 110 g/mol. The Morgan fingerprint density at radius 2 is 1.89 bits per heavy atom. The molecule has 0 heterocycles. The van der Waals surface area contributed by atoms with Crippen LogP contribution in [0.25, 0.3) is 0 Å². The Bertz CT molecular complexity index is 101. The highest BCUT2D eigenvalue weighted by Gasteiger charge is 1.70. The standard InChI is InChI=1S/C6H9N.C2H6/c1-3-4-6(2)5-7;1-2/h3-5,7H,1H2,2H3;1-2H3/b6-4-,7-5?;. The van der Waals surface area contributed by atoms with E-state index in [1.807, 2.05) is 20.8 Å². The monoisotopic (exact) mass is 125 g/mol. The van der Waals surface area contributed by atoms with E-state index in [1.165, 1.54) is 6.21 Å². The van der Waals surface area contributed by atoms with E-state index in [1.54, 1.807) is 12.2 Å². The number of nitrogens with one attached hydrogen (secondary N) is 1. The fraction of sp³-hybridized carbons (Fsp3) is 0.375. The van der Waals surface area contributed by atoms with Gasteiger partial charge in [-0.05, 0) is 12.5 Å². The van der Waals surface area contributed by atoms with Gasteiger partial charge in [-0.25, -0.2) is 0 Å². The highest BCUT2D eigenvalue weighted by Crippen LogP contribution is 1.83. The summed E-state index contributed by atoms with van der Waals surface area (Å²) in [5.74, 6) is 0. The van der Waals surface area contributed by atoms with Crippen LogP contribution in [0.1, 0.15) is 20.8 Å². The summed E-state index contributed by atoms with van der Waals surface area (Å²) in [7, 11) is 0. The molecule has 0 unspecified atom stereocenters. The lowest BCUT2D eigenvalue weighted by molar-refractivity contribution is 1.50. The highest BCUT2D eigenvalue weighted by atomic mass is 14.3. The molecule has 0 aliphatic carbocycles. The zero-order valence-corrected chi connectivity index (χ0v) is 6.44. The number of hydrogen-bond donors (Lipinski definition) is 1. The molecule has 9 heavy (non-hydrogen) atoms. The lowest BCUT2D eigenvalue weighted by Gasteiger charge is -1.78. The molecule has 1 heteroatoms. The van der Waals surface area contributed by atoms with E-state index in [9.17, 15) is 0 Å². The van der Waals surface area contributed by atoms with Gasteiger partial charge in [-0.3, -0.25) is 0 Å². The van der Waals surface area contributed by atoms with Crippen molar-refractivity contribution in [1.82, 2.24) is 0 Å². The van der Waals surface area contributed by atoms with Gasteiger partial charge in [0.15, 0.2) is 0 Å². The third-order valence-corrected chi connectivity index (χ3v) is 0.608. The van der Waals surface area contributed by atoms with Crippen molar-refractivity contribution >= 4 is 6.21 Å². The minimum absolute atomic E-state index is 0.926. The largest absolute Gasteiger partial charge is 0.308 e. The zero-order chi connectivity index (χ0) is 7.70. The molecule has 0 fully saturated rings. The molecule has 1 N–H and O–H groups in total. The van der Waals surface area contributed by atoms with Gasteiger partial charge >= 0.3 is 0 Å². The molecule has 0 radical (unpaired) electrons. The Labute approximate surface area is 57.6 Å². The third kappa shape index (κ3) is 11.0. The van der Waals surface area contributed by atoms with Gasteiger partial charge in [0.25, 0.3) is 0 Å². The first kappa shape index (κ1) is 11.0. The predicted octanol–water partition coefficient (Wildman–Crippen LogP) is 2.79. The molecule has 1 nitrogen and oxygen atoms in total. The Morgan fingerprint density at radius 1 is 1.44 bits per heavy atom. The molecule has 52 valence electrons. The quantitative estimate of drug-likeness (QED) is 0.433. The van der Waals surface area contributed by atoms with Crippen molar-refractivity contribution < 1.29 is 0 Å². The fourth-order valence-corrected chi connectivity index (χ4v) is 0.234. The summed E-state index contributed by atoms with van der Waals surface area (Å²) in [6.45, 7) is 9.32. The van der Waals surface area contributed by atoms with E-state index >= 15 is 0 Å². The van der Waals surface area contributed by atoms with Crippen LogP contribution in [0.15, 0.2) is 24.3 Å². The summed E-state index contributed by atoms with van der Waals surface area (Å²) >= 11 is 0. The summed E-state index contributed by atoms with van der Waals surface area (Å²) in [6, 6.07) is 0. The maximum Gasteiger partial charge on any atom is 0.0207 e. The molecule has 0 aromatic heterocycles. The Balaban J connectivity index is 0. The maximum absolute atomic E-state index is 6.67. The molecule has 0 aliphatic rings. The molecule has 0 aliphatic heterocycles. The van der Waals surface area contributed by atoms with Gasteiger partial charge in [0.05, 0.1) is 0 Å². The number of rotatable bonds is 2. The average molecular weight is 125 g/mol. The summed E-state index contributed by atoms with van der Waals surface area (Å²) < 4.78 is 0. The van der Waals surface area contributed by atoms with Crippen molar-refractivity contribution in [2.24, 2.45) is 0 Å². The van der Waals surface area contributed by atoms with E-state index in [4.69, 9.17) is 5.41 Å². The molecule has 0 saturated heterocycles. The minimum atomic E-state index is 0.926. The second kappa shape index (κ2) is 10.2. The highest BCUT2D eigenvalue weighted by molar-refractivity contribution is 5.75. The summed E-state index contributed by atoms with van der Waals surface area (Å²) in [4.78, 5) is 0. The van der Waals surface area contributed by atoms with Gasteiger partial charge in [-0.15, -0.1) is 0 Å². The van der Waals surface area contributed by atoms with Gasteiger partial charge in [0, 0.05) is 6.21 Å². The van der Waals surface area contributed by atoms with Crippen LogP contribution in [0, 0.1) is 5.41 Å². The van der Waals surface area contributed by atoms with Crippen LogP contribution in [0.5, 0.6) is 0 Å². The second-order valence-corrected chi connectivity index (χ2v) is 1.29. The molecule has 0 aromatic carbocycles. The van der Waals surface area contributed by atoms with Gasteiger partial charge < -0.3 is 5.41 Å². The third-order valence-electron chi connectivity index (χ3n) is 0.608. The maximum atomic E-state index is 6.67. The van der Waals surface area contributed by atoms with Crippen molar-refractivity contribution in [3.05, 3.63) is 24.3 Å². The van der Waals surface area contributed by atoms with Crippen LogP contribution >= 0.6 is 0 Å². The molecular formula is C8H15N. The smallest absolute Gasteiger partial charge is 0.0207 e. The molecule has 0 aromatic rings. The van der Waals surface area contributed by atoms with E-state index in [0.29, 0.717) is 0 Å². The molecule has 0 amide bonds. The first-order valence-corrected chi connectivity index (χ1v) is 3.11. The summed E-state index contributed by atoms with van der Waals surface area (Å²) in [5, 5.41) is 6.67. The van der Waals surface area contributed by atoms with Gasteiger partial charge in [0.1, 0.15) is 0 Å². The van der Waals surface area contributed by atoms with Crippen LogP contribution in [0.2, 0.25) is 0 Å². The second-order valence-electron chi connectivity index (χ2n) is 1.29. The first-order chi connectivity index (χ1) is 4.31. The van der Waals surface area contributed by atoms with E-state index in [0.717, 1.165) is 5.57 Å². The van der Waals surface area contributed by atoms with Crippen LogP contribution in [0.3, 0.4) is 0 Å². The first-order valence-electron chi connectivity index (χ1n) is 3.11. The topological polar surface area (TPSA) is 23.9 Å². The van der Waals surface area contributed by atoms with Crippen molar-refractivity contribution in [3.8, 4) is 0 Å². The van der Waals surface area contributed by atoms with E-state index < -0.39 is 0 Å². The predicted molar refractivity (Wildman–Crippen MR) is 44.1 cm³/mol. The normalized spacial score (nSPS) is 9.00. The summed E-state index contributed by atoms with van der Waals surface area (Å²) in [6.07, 6.45) is 4.75. The SMILES string of the molecule is C=C/C=C(/C)C=N.CC. The zero-order valence-electron chi connectivity index (χ0n) is 6.44. The van der Waals surface area contributed by atoms with Crippen LogP contribution in [-0.4, -0.2) is 6.21 Å². The molecule has 0 bridgehead atoms. The lowest BCUT2D eigenvalue weighted by atomic mass is 10.3. The number of hydrogen-bond acceptors (Lipinski definition) is 1. The van der Waals surface area contributed by atoms with Crippen LogP contribution in [0.4, 0.5) is 0 Å².